The minimum atomic E-state index is -0.706. The van der Waals surface area contributed by atoms with Crippen molar-refractivity contribution in [2.24, 2.45) is 5.92 Å². The molecule has 1 aromatic carbocycles. The summed E-state index contributed by atoms with van der Waals surface area (Å²) in [5, 5.41) is 13.2. The van der Waals surface area contributed by atoms with Crippen LogP contribution in [-0.2, 0) is 6.54 Å². The van der Waals surface area contributed by atoms with Crippen LogP contribution in [0.25, 0.3) is 0 Å². The quantitative estimate of drug-likeness (QED) is 0.735. The highest BCUT2D eigenvalue weighted by Gasteiger charge is 2.13. The zero-order chi connectivity index (χ0) is 15.9. The molecule has 0 heterocycles. The molecule has 1 rings (SSSR count). The molecule has 0 radical (unpaired) electrons. The molecule has 0 aliphatic heterocycles. The van der Waals surface area contributed by atoms with E-state index in [-0.39, 0.29) is 0 Å². The Kier molecular flexibility index (Phi) is 6.99. The van der Waals surface area contributed by atoms with Gasteiger partial charge in [-0.25, -0.2) is 0 Å². The third kappa shape index (κ3) is 7.34. The lowest BCUT2D eigenvalue weighted by Gasteiger charge is -2.19. The zero-order valence-electron chi connectivity index (χ0n) is 13.9. The van der Waals surface area contributed by atoms with Gasteiger partial charge in [-0.2, -0.15) is 0 Å². The SMILES string of the molecule is COc1ccc(OCCC(C)(C)O)c(CNCC(C)C)c1. The number of nitrogens with one attached hydrogen (secondary N) is 1. The summed E-state index contributed by atoms with van der Waals surface area (Å²) in [5.74, 6) is 2.28. The highest BCUT2D eigenvalue weighted by Crippen LogP contribution is 2.25. The van der Waals surface area contributed by atoms with Gasteiger partial charge >= 0.3 is 0 Å². The first kappa shape index (κ1) is 17.8. The molecule has 2 N–H and O–H groups in total. The molecule has 0 saturated heterocycles. The molecule has 4 nitrogen and oxygen atoms in total. The Morgan fingerprint density at radius 3 is 2.57 bits per heavy atom. The van der Waals surface area contributed by atoms with E-state index >= 15 is 0 Å². The van der Waals surface area contributed by atoms with Crippen molar-refractivity contribution in [3.8, 4) is 11.5 Å². The van der Waals surface area contributed by atoms with Gasteiger partial charge in [-0.1, -0.05) is 13.8 Å². The van der Waals surface area contributed by atoms with Gasteiger partial charge < -0.3 is 19.9 Å². The third-order valence-electron chi connectivity index (χ3n) is 3.11. The first-order valence-corrected chi connectivity index (χ1v) is 7.54. The van der Waals surface area contributed by atoms with Gasteiger partial charge in [-0.15, -0.1) is 0 Å². The second kappa shape index (κ2) is 8.25. The fourth-order valence-corrected chi connectivity index (χ4v) is 1.87. The summed E-state index contributed by atoms with van der Waals surface area (Å²) in [5.41, 5.74) is 0.369. The minimum absolute atomic E-state index is 0.493. The lowest BCUT2D eigenvalue weighted by molar-refractivity contribution is 0.0551. The van der Waals surface area contributed by atoms with E-state index in [0.717, 1.165) is 30.2 Å². The standard InChI is InChI=1S/C17H29NO3/c1-13(2)11-18-12-14-10-15(20-5)6-7-16(14)21-9-8-17(3,4)19/h6-7,10,13,18-19H,8-9,11-12H2,1-5H3. The van der Waals surface area contributed by atoms with Crippen LogP contribution >= 0.6 is 0 Å². The summed E-state index contributed by atoms with van der Waals surface area (Å²) in [7, 11) is 1.66. The monoisotopic (exact) mass is 295 g/mol. The Labute approximate surface area is 128 Å². The number of hydrogen-bond donors (Lipinski definition) is 2. The number of hydrogen-bond acceptors (Lipinski definition) is 4. The Morgan fingerprint density at radius 1 is 1.29 bits per heavy atom. The van der Waals surface area contributed by atoms with Crippen molar-refractivity contribution < 1.29 is 14.6 Å². The van der Waals surface area contributed by atoms with Crippen molar-refractivity contribution in [2.75, 3.05) is 20.3 Å². The molecular weight excluding hydrogens is 266 g/mol. The van der Waals surface area contributed by atoms with Gasteiger partial charge in [0.1, 0.15) is 11.5 Å². The summed E-state index contributed by atoms with van der Waals surface area (Å²) in [6, 6.07) is 5.81. The number of rotatable bonds is 9. The third-order valence-corrected chi connectivity index (χ3v) is 3.11. The van der Waals surface area contributed by atoms with Crippen LogP contribution in [-0.4, -0.2) is 31.0 Å². The normalized spacial score (nSPS) is 11.8. The smallest absolute Gasteiger partial charge is 0.124 e. The fraction of sp³-hybridized carbons (Fsp3) is 0.647. The number of methoxy groups -OCH3 is 1. The van der Waals surface area contributed by atoms with Crippen LogP contribution in [0.2, 0.25) is 0 Å². The van der Waals surface area contributed by atoms with Crippen molar-refractivity contribution in [1.29, 1.82) is 0 Å². The molecular formula is C17H29NO3. The van der Waals surface area contributed by atoms with E-state index in [9.17, 15) is 5.11 Å². The van der Waals surface area contributed by atoms with Crippen molar-refractivity contribution in [3.63, 3.8) is 0 Å². The van der Waals surface area contributed by atoms with E-state index in [1.54, 1.807) is 21.0 Å². The highest BCUT2D eigenvalue weighted by molar-refractivity contribution is 5.40. The maximum atomic E-state index is 9.74. The molecule has 0 bridgehead atoms. The van der Waals surface area contributed by atoms with E-state index in [2.05, 4.69) is 19.2 Å². The lowest BCUT2D eigenvalue weighted by Crippen LogP contribution is -2.22. The van der Waals surface area contributed by atoms with E-state index in [1.165, 1.54) is 0 Å². The summed E-state index contributed by atoms with van der Waals surface area (Å²) in [4.78, 5) is 0. The molecule has 0 unspecified atom stereocenters. The molecule has 0 fully saturated rings. The molecule has 0 saturated carbocycles. The Balaban J connectivity index is 2.67. The van der Waals surface area contributed by atoms with Crippen LogP contribution in [0.5, 0.6) is 11.5 Å². The van der Waals surface area contributed by atoms with E-state index in [1.807, 2.05) is 18.2 Å². The Morgan fingerprint density at radius 2 is 2.00 bits per heavy atom. The molecule has 0 aliphatic rings. The largest absolute Gasteiger partial charge is 0.497 e. The summed E-state index contributed by atoms with van der Waals surface area (Å²) in [6.07, 6.45) is 0.595. The second-order valence-electron chi connectivity index (χ2n) is 6.41. The molecule has 21 heavy (non-hydrogen) atoms. The number of aliphatic hydroxyl groups is 1. The van der Waals surface area contributed by atoms with Gasteiger partial charge in [-0.3, -0.25) is 0 Å². The molecule has 0 amide bonds. The average molecular weight is 295 g/mol. The second-order valence-corrected chi connectivity index (χ2v) is 6.41. The molecule has 120 valence electrons. The van der Waals surface area contributed by atoms with Crippen molar-refractivity contribution in [2.45, 2.75) is 46.3 Å². The van der Waals surface area contributed by atoms with Crippen molar-refractivity contribution >= 4 is 0 Å². The summed E-state index contributed by atoms with van der Waals surface area (Å²) < 4.78 is 11.1. The first-order chi connectivity index (χ1) is 9.81. The maximum Gasteiger partial charge on any atom is 0.124 e. The number of ether oxygens (including phenoxy) is 2. The zero-order valence-corrected chi connectivity index (χ0v) is 13.9. The van der Waals surface area contributed by atoms with E-state index in [4.69, 9.17) is 9.47 Å². The predicted molar refractivity (Wildman–Crippen MR) is 85.9 cm³/mol. The van der Waals surface area contributed by atoms with Gasteiger partial charge in [0.2, 0.25) is 0 Å². The van der Waals surface area contributed by atoms with Crippen LogP contribution < -0.4 is 14.8 Å². The minimum Gasteiger partial charge on any atom is -0.497 e. The Hall–Kier alpha value is -1.26. The van der Waals surface area contributed by atoms with Crippen molar-refractivity contribution in [1.82, 2.24) is 5.32 Å². The van der Waals surface area contributed by atoms with Crippen LogP contribution in [0.15, 0.2) is 18.2 Å². The summed E-state index contributed by atoms with van der Waals surface area (Å²) in [6.45, 7) is 10.1. The first-order valence-electron chi connectivity index (χ1n) is 7.54. The molecule has 1 aromatic rings. The average Bonchev–Trinajstić information content (AvgIpc) is 2.38. The van der Waals surface area contributed by atoms with Crippen molar-refractivity contribution in [3.05, 3.63) is 23.8 Å². The fourth-order valence-electron chi connectivity index (χ4n) is 1.87. The Bertz CT molecular complexity index is 425. The van der Waals surface area contributed by atoms with E-state index < -0.39 is 5.60 Å². The predicted octanol–water partition coefficient (Wildman–Crippen LogP) is 2.98. The summed E-state index contributed by atoms with van der Waals surface area (Å²) >= 11 is 0. The molecule has 0 aromatic heterocycles. The molecule has 0 atom stereocenters. The van der Waals surface area contributed by atoms with Crippen LogP contribution in [0.3, 0.4) is 0 Å². The number of benzene rings is 1. The van der Waals surface area contributed by atoms with Crippen LogP contribution in [0.4, 0.5) is 0 Å². The topological polar surface area (TPSA) is 50.7 Å². The maximum absolute atomic E-state index is 9.74. The molecule has 0 spiro atoms. The van der Waals surface area contributed by atoms with Gasteiger partial charge in [0.25, 0.3) is 0 Å². The van der Waals surface area contributed by atoms with Gasteiger partial charge in [0, 0.05) is 18.5 Å². The van der Waals surface area contributed by atoms with Gasteiger partial charge in [0.15, 0.2) is 0 Å². The van der Waals surface area contributed by atoms with Crippen LogP contribution in [0.1, 0.15) is 39.7 Å². The molecule has 4 heteroatoms. The van der Waals surface area contributed by atoms with Gasteiger partial charge in [0.05, 0.1) is 19.3 Å². The lowest BCUT2D eigenvalue weighted by atomic mass is 10.1. The highest BCUT2D eigenvalue weighted by atomic mass is 16.5. The van der Waals surface area contributed by atoms with Gasteiger partial charge in [-0.05, 0) is 44.5 Å². The molecule has 0 aliphatic carbocycles. The van der Waals surface area contributed by atoms with E-state index in [0.29, 0.717) is 18.9 Å². The van der Waals surface area contributed by atoms with Crippen LogP contribution in [0, 0.1) is 5.92 Å².